The molecule has 3 aromatic rings. The van der Waals surface area contributed by atoms with E-state index in [1.807, 2.05) is 12.1 Å². The number of aromatic nitrogens is 2. The zero-order chi connectivity index (χ0) is 28.9. The Kier molecular flexibility index (Phi) is 6.45. The van der Waals surface area contributed by atoms with Gasteiger partial charge in [-0.1, -0.05) is 5.16 Å². The number of Topliss-reactive ketones (excluding diaryl/α,β-unsaturated/α-hetero) is 2. The number of fused-ring (bicyclic) bond motifs is 3. The maximum absolute atomic E-state index is 13.9. The molecular weight excluding hydrogens is 518 g/mol. The Bertz CT molecular complexity index is 1650. The molecule has 0 fully saturated rings. The van der Waals surface area contributed by atoms with Crippen LogP contribution in [0.2, 0.25) is 0 Å². The minimum absolute atomic E-state index is 0.0197. The van der Waals surface area contributed by atoms with E-state index in [1.54, 1.807) is 26.2 Å². The number of allylic oxidation sites excluding steroid dienone is 4. The van der Waals surface area contributed by atoms with Crippen molar-refractivity contribution in [3.05, 3.63) is 70.0 Å². The molecule has 0 amide bonds. The summed E-state index contributed by atoms with van der Waals surface area (Å²) in [5.41, 5.74) is -0.689. The third kappa shape index (κ3) is 4.01. The van der Waals surface area contributed by atoms with Crippen molar-refractivity contribution in [2.24, 2.45) is 0 Å². The van der Waals surface area contributed by atoms with Gasteiger partial charge in [0.05, 0.1) is 18.2 Å². The van der Waals surface area contributed by atoms with Crippen LogP contribution in [0, 0.1) is 6.92 Å². The van der Waals surface area contributed by atoms with Crippen LogP contribution in [0.3, 0.4) is 0 Å². The SMILES string of the molecule is COc1ccc(-c2noc(CCN/C(C)=C3\C(=O)C=C4Oc5c(C(C)=O)c(O)c(C)c(O)c5[C@@]4(C)C3=O)n2)cc1. The van der Waals surface area contributed by atoms with Gasteiger partial charge in [0.2, 0.25) is 11.7 Å². The number of nitrogens with one attached hydrogen (secondary N) is 1. The van der Waals surface area contributed by atoms with Crippen molar-refractivity contribution >= 4 is 17.3 Å². The van der Waals surface area contributed by atoms with E-state index in [2.05, 4.69) is 15.5 Å². The van der Waals surface area contributed by atoms with Crippen LogP contribution < -0.4 is 14.8 Å². The summed E-state index contributed by atoms with van der Waals surface area (Å²) in [6, 6.07) is 7.21. The Balaban J connectivity index is 1.39. The molecule has 1 atom stereocenters. The number of aromatic hydroxyl groups is 2. The Morgan fingerprint density at radius 1 is 1.12 bits per heavy atom. The van der Waals surface area contributed by atoms with Crippen LogP contribution in [-0.4, -0.2) is 51.4 Å². The van der Waals surface area contributed by atoms with Crippen LogP contribution in [0.5, 0.6) is 23.0 Å². The van der Waals surface area contributed by atoms with Gasteiger partial charge in [-0.3, -0.25) is 14.4 Å². The molecule has 2 aliphatic rings. The lowest BCUT2D eigenvalue weighted by Crippen LogP contribution is -2.41. The molecule has 0 saturated heterocycles. The van der Waals surface area contributed by atoms with Crippen LogP contribution >= 0.6 is 0 Å². The number of methoxy groups -OCH3 is 1. The van der Waals surface area contributed by atoms with Crippen molar-refractivity contribution in [2.45, 2.75) is 39.5 Å². The van der Waals surface area contributed by atoms with E-state index in [9.17, 15) is 24.6 Å². The number of nitrogens with zero attached hydrogens (tertiary/aromatic N) is 2. The second-order valence-electron chi connectivity index (χ2n) is 9.80. The molecule has 2 aromatic carbocycles. The number of phenols is 2. The molecule has 1 aliphatic heterocycles. The summed E-state index contributed by atoms with van der Waals surface area (Å²) >= 11 is 0. The molecule has 0 spiro atoms. The molecule has 11 heteroatoms. The van der Waals surface area contributed by atoms with Crippen LogP contribution in [0.15, 0.2) is 51.9 Å². The number of hydrogen-bond donors (Lipinski definition) is 3. The smallest absolute Gasteiger partial charge is 0.228 e. The molecule has 0 radical (unpaired) electrons. The molecule has 0 saturated carbocycles. The fourth-order valence-electron chi connectivity index (χ4n) is 5.02. The Labute approximate surface area is 229 Å². The third-order valence-corrected chi connectivity index (χ3v) is 7.31. The molecule has 0 unspecified atom stereocenters. The van der Waals surface area contributed by atoms with Gasteiger partial charge < -0.3 is 29.5 Å². The number of ketones is 3. The van der Waals surface area contributed by atoms with Gasteiger partial charge >= 0.3 is 0 Å². The molecule has 0 bridgehead atoms. The van der Waals surface area contributed by atoms with Gasteiger partial charge in [0.15, 0.2) is 17.3 Å². The average Bonchev–Trinajstić information content (AvgIpc) is 3.50. The van der Waals surface area contributed by atoms with E-state index in [4.69, 9.17) is 14.0 Å². The van der Waals surface area contributed by atoms with Gasteiger partial charge in [-0.2, -0.15) is 4.98 Å². The summed E-state index contributed by atoms with van der Waals surface area (Å²) in [4.78, 5) is 43.6. The van der Waals surface area contributed by atoms with Crippen molar-refractivity contribution in [1.82, 2.24) is 15.5 Å². The summed E-state index contributed by atoms with van der Waals surface area (Å²) in [6.07, 6.45) is 1.50. The van der Waals surface area contributed by atoms with E-state index in [0.717, 1.165) is 5.56 Å². The van der Waals surface area contributed by atoms with Crippen LogP contribution in [-0.2, 0) is 21.4 Å². The first-order chi connectivity index (χ1) is 19.0. The summed E-state index contributed by atoms with van der Waals surface area (Å²) in [5, 5.41) is 28.5. The van der Waals surface area contributed by atoms with Crippen LogP contribution in [0.1, 0.15) is 48.1 Å². The number of hydrogen-bond acceptors (Lipinski definition) is 11. The molecule has 5 rings (SSSR count). The standard InChI is InChI=1S/C29H27N3O8/c1-13-24(35)22(15(3)33)26-23(25(13)36)29(4)19(39-26)12-18(34)21(27(29)37)14(2)30-11-10-20-31-28(32-40-20)16-6-8-17(38-5)9-7-16/h6-9,12,30,35-36H,10-11H2,1-5H3/b21-14+/t29-/m0/s1. The average molecular weight is 546 g/mol. The van der Waals surface area contributed by atoms with Crippen LogP contribution in [0.25, 0.3) is 11.4 Å². The topological polar surface area (TPSA) is 161 Å². The Morgan fingerprint density at radius 2 is 1.82 bits per heavy atom. The molecule has 1 aliphatic carbocycles. The fourth-order valence-corrected chi connectivity index (χ4v) is 5.02. The number of carbonyl (C=O) groups is 3. The lowest BCUT2D eigenvalue weighted by atomic mass is 9.70. The first-order valence-corrected chi connectivity index (χ1v) is 12.5. The van der Waals surface area contributed by atoms with E-state index >= 15 is 0 Å². The number of benzene rings is 2. The third-order valence-electron chi connectivity index (χ3n) is 7.31. The second-order valence-corrected chi connectivity index (χ2v) is 9.80. The highest BCUT2D eigenvalue weighted by molar-refractivity contribution is 6.31. The van der Waals surface area contributed by atoms with Crippen LogP contribution in [0.4, 0.5) is 0 Å². The van der Waals surface area contributed by atoms with Gasteiger partial charge in [-0.25, -0.2) is 0 Å². The van der Waals surface area contributed by atoms with Gasteiger partial charge in [-0.05, 0) is 52.0 Å². The monoisotopic (exact) mass is 545 g/mol. The maximum atomic E-state index is 13.9. The Morgan fingerprint density at radius 3 is 2.48 bits per heavy atom. The summed E-state index contributed by atoms with van der Waals surface area (Å²) in [6.45, 7) is 6.08. The van der Waals surface area contributed by atoms with Crippen molar-refractivity contribution in [2.75, 3.05) is 13.7 Å². The highest BCUT2D eigenvalue weighted by Crippen LogP contribution is 2.57. The van der Waals surface area contributed by atoms with E-state index in [1.165, 1.54) is 26.8 Å². The molecule has 40 heavy (non-hydrogen) atoms. The van der Waals surface area contributed by atoms with Crippen molar-refractivity contribution in [3.63, 3.8) is 0 Å². The molecule has 11 nitrogen and oxygen atoms in total. The van der Waals surface area contributed by atoms with Crippen molar-refractivity contribution in [3.8, 4) is 34.4 Å². The molecule has 2 heterocycles. The second kappa shape index (κ2) is 9.67. The number of ether oxygens (including phenoxy) is 2. The summed E-state index contributed by atoms with van der Waals surface area (Å²) < 4.78 is 16.3. The highest BCUT2D eigenvalue weighted by atomic mass is 16.5. The summed E-state index contributed by atoms with van der Waals surface area (Å²) in [5.74, 6) is -1.17. The minimum Gasteiger partial charge on any atom is -0.507 e. The lowest BCUT2D eigenvalue weighted by Gasteiger charge is -2.29. The largest absolute Gasteiger partial charge is 0.507 e. The predicted octanol–water partition coefficient (Wildman–Crippen LogP) is 3.46. The first-order valence-electron chi connectivity index (χ1n) is 12.5. The zero-order valence-electron chi connectivity index (χ0n) is 22.5. The predicted molar refractivity (Wildman–Crippen MR) is 141 cm³/mol. The quantitative estimate of drug-likeness (QED) is 0.226. The molecule has 3 N–H and O–H groups in total. The van der Waals surface area contributed by atoms with E-state index in [-0.39, 0.29) is 46.1 Å². The first kappa shape index (κ1) is 26.7. The fraction of sp³-hybridized carbons (Fsp3) is 0.276. The molecule has 206 valence electrons. The highest BCUT2D eigenvalue weighted by Gasteiger charge is 2.56. The molecular formula is C29H27N3O8. The Hall–Kier alpha value is -4.93. The normalized spacial score (nSPS) is 19.0. The van der Waals surface area contributed by atoms with E-state index < -0.39 is 28.5 Å². The van der Waals surface area contributed by atoms with E-state index in [0.29, 0.717) is 29.6 Å². The van der Waals surface area contributed by atoms with Gasteiger partial charge in [-0.15, -0.1) is 0 Å². The maximum Gasteiger partial charge on any atom is 0.228 e. The zero-order valence-corrected chi connectivity index (χ0v) is 22.5. The minimum atomic E-state index is -1.58. The van der Waals surface area contributed by atoms with Gasteiger partial charge in [0, 0.05) is 35.9 Å². The number of carbonyl (C=O) groups excluding carboxylic acids is 3. The lowest BCUT2D eigenvalue weighted by molar-refractivity contribution is -0.123. The summed E-state index contributed by atoms with van der Waals surface area (Å²) in [7, 11) is 1.58. The molecule has 1 aromatic heterocycles. The van der Waals surface area contributed by atoms with Gasteiger partial charge in [0.1, 0.15) is 39.7 Å². The van der Waals surface area contributed by atoms with Gasteiger partial charge in [0.25, 0.3) is 0 Å². The van der Waals surface area contributed by atoms with Crippen molar-refractivity contribution in [1.29, 1.82) is 0 Å². The number of rotatable bonds is 7. The van der Waals surface area contributed by atoms with Crippen molar-refractivity contribution < 1.29 is 38.6 Å². The number of phenolic OH excluding ortho intramolecular Hbond substituents is 2.